The van der Waals surface area contributed by atoms with Gasteiger partial charge in [0.05, 0.1) is 22.5 Å². The highest BCUT2D eigenvalue weighted by molar-refractivity contribution is 6.33. The summed E-state index contributed by atoms with van der Waals surface area (Å²) in [6.45, 7) is 4.26. The third kappa shape index (κ3) is 4.59. The first-order valence-corrected chi connectivity index (χ1v) is 13.5. The van der Waals surface area contributed by atoms with Gasteiger partial charge in [0.1, 0.15) is 5.54 Å². The number of likely N-dealkylation sites (tertiary alicyclic amines) is 1. The summed E-state index contributed by atoms with van der Waals surface area (Å²) in [5, 5.41) is 10.7. The molecular formula is C27H31ClF3N5O. The molecule has 4 aliphatic rings. The summed E-state index contributed by atoms with van der Waals surface area (Å²) in [6, 6.07) is 3.54. The van der Waals surface area contributed by atoms with Crippen LogP contribution in [0.4, 0.5) is 18.9 Å². The second kappa shape index (κ2) is 9.43. The fourth-order valence-electron chi connectivity index (χ4n) is 6.41. The number of anilines is 1. The molecule has 10 heteroatoms. The highest BCUT2D eigenvalue weighted by atomic mass is 35.5. The number of halogens is 4. The molecule has 2 aliphatic carbocycles. The van der Waals surface area contributed by atoms with Crippen molar-refractivity contribution in [1.29, 1.82) is 0 Å². The van der Waals surface area contributed by atoms with Crippen LogP contribution in [-0.4, -0.2) is 52.8 Å². The number of amides is 1. The Hall–Kier alpha value is -2.36. The van der Waals surface area contributed by atoms with Gasteiger partial charge in [-0.25, -0.2) is 0 Å². The van der Waals surface area contributed by atoms with Gasteiger partial charge in [0.15, 0.2) is 0 Å². The number of aromatic nitrogens is 2. The van der Waals surface area contributed by atoms with E-state index in [2.05, 4.69) is 26.7 Å². The molecule has 2 atom stereocenters. The molecule has 6 nitrogen and oxygen atoms in total. The van der Waals surface area contributed by atoms with Crippen LogP contribution < -0.4 is 10.6 Å². The Balaban J connectivity index is 1.11. The van der Waals surface area contributed by atoms with Crippen LogP contribution in [-0.2, 0) is 16.5 Å². The largest absolute Gasteiger partial charge is 0.416 e. The van der Waals surface area contributed by atoms with Crippen LogP contribution in [0.3, 0.4) is 0 Å². The Kier molecular flexibility index (Phi) is 6.36. The maximum absolute atomic E-state index is 13.3. The number of nitrogens with zero attached hydrogens (tertiary/aromatic N) is 3. The zero-order valence-electron chi connectivity index (χ0n) is 20.5. The van der Waals surface area contributed by atoms with Crippen LogP contribution in [0.1, 0.15) is 55.6 Å². The van der Waals surface area contributed by atoms with E-state index in [9.17, 15) is 18.0 Å². The number of carbonyl (C=O) groups excluding carboxylic acids is 1. The van der Waals surface area contributed by atoms with E-state index < -0.39 is 17.3 Å². The van der Waals surface area contributed by atoms with Gasteiger partial charge in [-0.15, -0.1) is 0 Å². The van der Waals surface area contributed by atoms with Crippen molar-refractivity contribution in [3.63, 3.8) is 0 Å². The lowest BCUT2D eigenvalue weighted by Crippen LogP contribution is -2.51. The van der Waals surface area contributed by atoms with Gasteiger partial charge in [-0.2, -0.15) is 18.3 Å². The van der Waals surface area contributed by atoms with E-state index in [1.807, 2.05) is 12.4 Å². The molecule has 2 aromatic rings. The minimum Gasteiger partial charge on any atom is -0.323 e. The van der Waals surface area contributed by atoms with Crippen LogP contribution in [0.5, 0.6) is 0 Å². The summed E-state index contributed by atoms with van der Waals surface area (Å²) in [7, 11) is 0. The highest BCUT2D eigenvalue weighted by Gasteiger charge is 2.47. The molecule has 2 aliphatic heterocycles. The van der Waals surface area contributed by atoms with E-state index in [-0.39, 0.29) is 16.6 Å². The monoisotopic (exact) mass is 533 g/mol. The predicted molar refractivity (Wildman–Crippen MR) is 136 cm³/mol. The molecule has 3 heterocycles. The van der Waals surface area contributed by atoms with Gasteiger partial charge in [-0.1, -0.05) is 23.3 Å². The van der Waals surface area contributed by atoms with E-state index in [0.717, 1.165) is 63.1 Å². The fraction of sp³-hybridized carbons (Fsp3) is 0.556. The van der Waals surface area contributed by atoms with E-state index in [0.29, 0.717) is 30.7 Å². The summed E-state index contributed by atoms with van der Waals surface area (Å²) in [5.41, 5.74) is 1.22. The molecule has 2 unspecified atom stereocenters. The van der Waals surface area contributed by atoms with Gasteiger partial charge in [0.25, 0.3) is 5.91 Å². The second-order valence-corrected chi connectivity index (χ2v) is 11.3. The van der Waals surface area contributed by atoms with Gasteiger partial charge in [0.2, 0.25) is 0 Å². The van der Waals surface area contributed by atoms with Crippen molar-refractivity contribution in [2.75, 3.05) is 31.5 Å². The molecule has 0 spiro atoms. The quantitative estimate of drug-likeness (QED) is 0.521. The topological polar surface area (TPSA) is 62.2 Å². The van der Waals surface area contributed by atoms with Crippen molar-refractivity contribution in [1.82, 2.24) is 20.0 Å². The number of carbonyl (C=O) groups is 1. The van der Waals surface area contributed by atoms with Gasteiger partial charge in [-0.3, -0.25) is 14.4 Å². The minimum atomic E-state index is -4.49. The molecule has 0 bridgehead atoms. The van der Waals surface area contributed by atoms with Crippen LogP contribution in [0.15, 0.2) is 42.2 Å². The normalized spacial score (nSPS) is 26.0. The number of hydrogen-bond donors (Lipinski definition) is 2. The summed E-state index contributed by atoms with van der Waals surface area (Å²) >= 11 is 6.08. The van der Waals surface area contributed by atoms with Crippen molar-refractivity contribution in [3.8, 4) is 0 Å². The SMILES string of the molecule is O=C(Nc1ccc(C(F)(F)F)cc1Cl)C1(n2cc(C3CCN(C4C=C5CNCC5C4)CC3)cn2)CCC1. The third-order valence-corrected chi connectivity index (χ3v) is 9.15. The first-order valence-electron chi connectivity index (χ1n) is 13.1. The first-order chi connectivity index (χ1) is 17.7. The standard InChI is InChI=1S/C27H31ClF3N5O/c28-23-12-21(27(29,30)31)2-3-24(23)34-25(37)26(6-1-7-26)36-16-20(15-33-36)17-4-8-35(9-5-17)22-10-18-13-32-14-19(18)11-22/h2-3,10,12,15-17,19,22,32H,1,4-9,11,13-14H2,(H,34,37). The van der Waals surface area contributed by atoms with E-state index in [4.69, 9.17) is 11.6 Å². The Morgan fingerprint density at radius 2 is 1.97 bits per heavy atom. The van der Waals surface area contributed by atoms with Gasteiger partial charge in [-0.05, 0) is 87.2 Å². The number of fused-ring (bicyclic) bond motifs is 1. The van der Waals surface area contributed by atoms with Gasteiger partial charge in [0, 0.05) is 25.3 Å². The molecular weight excluding hydrogens is 503 g/mol. The number of nitrogens with one attached hydrogen (secondary N) is 2. The Labute approximate surface area is 219 Å². The summed E-state index contributed by atoms with van der Waals surface area (Å²) < 4.78 is 40.7. The zero-order chi connectivity index (χ0) is 25.8. The lowest BCUT2D eigenvalue weighted by atomic mass is 9.76. The average Bonchev–Trinajstić information content (AvgIpc) is 3.56. The lowest BCUT2D eigenvalue weighted by Gasteiger charge is -2.40. The maximum Gasteiger partial charge on any atom is 0.416 e. The number of piperidine rings is 1. The minimum absolute atomic E-state index is 0.136. The maximum atomic E-state index is 13.3. The molecule has 2 saturated heterocycles. The average molecular weight is 534 g/mol. The van der Waals surface area contributed by atoms with Crippen LogP contribution in [0, 0.1) is 5.92 Å². The number of hydrogen-bond acceptors (Lipinski definition) is 4. The lowest BCUT2D eigenvalue weighted by molar-refractivity contribution is -0.137. The van der Waals surface area contributed by atoms with E-state index in [1.54, 1.807) is 10.3 Å². The van der Waals surface area contributed by atoms with Crippen molar-refractivity contribution >= 4 is 23.2 Å². The third-order valence-electron chi connectivity index (χ3n) is 8.84. The second-order valence-electron chi connectivity index (χ2n) is 10.9. The van der Waals surface area contributed by atoms with Crippen molar-refractivity contribution in [2.45, 2.75) is 62.2 Å². The smallest absolute Gasteiger partial charge is 0.323 e. The van der Waals surface area contributed by atoms with Crippen LogP contribution >= 0.6 is 11.6 Å². The fourth-order valence-corrected chi connectivity index (χ4v) is 6.63. The molecule has 198 valence electrons. The Morgan fingerprint density at radius 3 is 2.62 bits per heavy atom. The molecule has 6 rings (SSSR count). The molecule has 0 radical (unpaired) electrons. The molecule has 1 saturated carbocycles. The zero-order valence-corrected chi connectivity index (χ0v) is 21.3. The molecule has 1 aromatic carbocycles. The molecule has 1 aromatic heterocycles. The molecule has 3 fully saturated rings. The van der Waals surface area contributed by atoms with Crippen molar-refractivity contribution in [2.24, 2.45) is 5.92 Å². The molecule has 37 heavy (non-hydrogen) atoms. The van der Waals surface area contributed by atoms with Crippen molar-refractivity contribution in [3.05, 3.63) is 58.4 Å². The predicted octanol–water partition coefficient (Wildman–Crippen LogP) is 5.17. The number of benzene rings is 1. The molecule has 2 N–H and O–H groups in total. The van der Waals surface area contributed by atoms with Gasteiger partial charge < -0.3 is 10.6 Å². The van der Waals surface area contributed by atoms with Gasteiger partial charge >= 0.3 is 6.18 Å². The number of alkyl halides is 3. The summed E-state index contributed by atoms with van der Waals surface area (Å²) in [6.07, 6.45) is 7.36. The molecule has 1 amide bonds. The summed E-state index contributed by atoms with van der Waals surface area (Å²) in [4.78, 5) is 16.0. The summed E-state index contributed by atoms with van der Waals surface area (Å²) in [5.74, 6) is 0.826. The highest BCUT2D eigenvalue weighted by Crippen LogP contribution is 2.42. The van der Waals surface area contributed by atoms with E-state index in [1.165, 1.54) is 12.5 Å². The number of rotatable bonds is 5. The first kappa shape index (κ1) is 24.9. The van der Waals surface area contributed by atoms with Crippen LogP contribution in [0.2, 0.25) is 5.02 Å². The Morgan fingerprint density at radius 1 is 1.19 bits per heavy atom. The van der Waals surface area contributed by atoms with E-state index >= 15 is 0 Å². The van der Waals surface area contributed by atoms with Crippen LogP contribution in [0.25, 0.3) is 0 Å². The Bertz CT molecular complexity index is 1210. The van der Waals surface area contributed by atoms with Crippen molar-refractivity contribution < 1.29 is 18.0 Å².